The van der Waals surface area contributed by atoms with Crippen LogP contribution in [0.2, 0.25) is 5.02 Å². The van der Waals surface area contributed by atoms with E-state index in [9.17, 15) is 10.1 Å². The number of aromatic nitrogens is 2. The van der Waals surface area contributed by atoms with Crippen molar-refractivity contribution in [1.29, 1.82) is 0 Å². The summed E-state index contributed by atoms with van der Waals surface area (Å²) in [6, 6.07) is 14.0. The zero-order chi connectivity index (χ0) is 15.5. The highest BCUT2D eigenvalue weighted by molar-refractivity contribution is 6.31. The molecule has 0 aliphatic rings. The van der Waals surface area contributed by atoms with Crippen molar-refractivity contribution in [3.8, 4) is 11.1 Å². The van der Waals surface area contributed by atoms with Gasteiger partial charge < -0.3 is 0 Å². The van der Waals surface area contributed by atoms with Gasteiger partial charge in [0.05, 0.1) is 17.7 Å². The predicted molar refractivity (Wildman–Crippen MR) is 84.9 cm³/mol. The van der Waals surface area contributed by atoms with Gasteiger partial charge in [0.25, 0.3) is 5.69 Å². The molecule has 0 aliphatic carbocycles. The molecule has 1 aromatic heterocycles. The summed E-state index contributed by atoms with van der Waals surface area (Å²) >= 11 is 6.14. The number of nitro groups is 1. The van der Waals surface area contributed by atoms with E-state index in [0.29, 0.717) is 11.6 Å². The molecule has 0 bridgehead atoms. The third-order valence-electron chi connectivity index (χ3n) is 3.33. The molecule has 0 radical (unpaired) electrons. The lowest BCUT2D eigenvalue weighted by Gasteiger charge is -2.03. The Bertz CT molecular complexity index is 812. The Hall–Kier alpha value is -2.66. The Labute approximate surface area is 131 Å². The highest BCUT2D eigenvalue weighted by Gasteiger charge is 2.07. The molecule has 0 fully saturated rings. The maximum absolute atomic E-state index is 10.7. The Kier molecular flexibility index (Phi) is 3.89. The van der Waals surface area contributed by atoms with Crippen LogP contribution in [-0.2, 0) is 6.54 Å². The van der Waals surface area contributed by atoms with Gasteiger partial charge in [-0.25, -0.2) is 0 Å². The van der Waals surface area contributed by atoms with Crippen LogP contribution in [0, 0.1) is 10.1 Å². The average Bonchev–Trinajstić information content (AvgIpc) is 2.98. The van der Waals surface area contributed by atoms with Gasteiger partial charge in [-0.2, -0.15) is 5.10 Å². The second kappa shape index (κ2) is 5.99. The number of non-ortho nitro benzene ring substituents is 1. The van der Waals surface area contributed by atoms with E-state index in [2.05, 4.69) is 5.10 Å². The maximum Gasteiger partial charge on any atom is 0.269 e. The van der Waals surface area contributed by atoms with Crippen LogP contribution in [0.4, 0.5) is 5.69 Å². The Balaban J connectivity index is 1.81. The lowest BCUT2D eigenvalue weighted by Crippen LogP contribution is -2.00. The van der Waals surface area contributed by atoms with Crippen molar-refractivity contribution >= 4 is 17.3 Å². The number of nitro benzene ring substituents is 1. The molecule has 3 rings (SSSR count). The van der Waals surface area contributed by atoms with Crippen molar-refractivity contribution < 1.29 is 4.92 Å². The van der Waals surface area contributed by atoms with E-state index in [-0.39, 0.29) is 5.69 Å². The molecule has 5 nitrogen and oxygen atoms in total. The Morgan fingerprint density at radius 2 is 1.82 bits per heavy atom. The fourth-order valence-corrected chi connectivity index (χ4v) is 2.37. The fraction of sp³-hybridized carbons (Fsp3) is 0.0625. The SMILES string of the molecule is O=[N+]([O-])c1ccc(-c2cnn(Cc3ccccc3Cl)c2)cc1. The van der Waals surface area contributed by atoms with E-state index in [4.69, 9.17) is 11.6 Å². The second-order valence-corrected chi connectivity index (χ2v) is 5.23. The largest absolute Gasteiger partial charge is 0.269 e. The summed E-state index contributed by atoms with van der Waals surface area (Å²) in [6.45, 7) is 0.576. The molecule has 0 amide bonds. The van der Waals surface area contributed by atoms with Crippen molar-refractivity contribution in [2.24, 2.45) is 0 Å². The van der Waals surface area contributed by atoms with Crippen molar-refractivity contribution in [2.45, 2.75) is 6.54 Å². The summed E-state index contributed by atoms with van der Waals surface area (Å²) in [4.78, 5) is 10.3. The lowest BCUT2D eigenvalue weighted by molar-refractivity contribution is -0.384. The van der Waals surface area contributed by atoms with Gasteiger partial charge in [-0.05, 0) is 29.3 Å². The minimum atomic E-state index is -0.412. The van der Waals surface area contributed by atoms with Crippen molar-refractivity contribution in [2.75, 3.05) is 0 Å². The first-order valence-electron chi connectivity index (χ1n) is 6.64. The Morgan fingerprint density at radius 3 is 2.50 bits per heavy atom. The normalized spacial score (nSPS) is 10.6. The van der Waals surface area contributed by atoms with Crippen molar-refractivity contribution in [1.82, 2.24) is 9.78 Å². The summed E-state index contributed by atoms with van der Waals surface area (Å²) < 4.78 is 1.79. The molecule has 2 aromatic carbocycles. The molecule has 0 spiro atoms. The van der Waals surface area contributed by atoms with Gasteiger partial charge in [0.15, 0.2) is 0 Å². The molecule has 6 heteroatoms. The zero-order valence-electron chi connectivity index (χ0n) is 11.5. The molecule has 3 aromatic rings. The number of nitrogens with zero attached hydrogens (tertiary/aromatic N) is 3. The summed E-state index contributed by atoms with van der Waals surface area (Å²) in [6.07, 6.45) is 3.63. The molecule has 0 saturated heterocycles. The number of rotatable bonds is 4. The van der Waals surface area contributed by atoms with Gasteiger partial charge in [0.1, 0.15) is 0 Å². The third-order valence-corrected chi connectivity index (χ3v) is 3.70. The van der Waals surface area contributed by atoms with Gasteiger partial charge in [-0.3, -0.25) is 14.8 Å². The summed E-state index contributed by atoms with van der Waals surface area (Å²) in [7, 11) is 0. The molecule has 22 heavy (non-hydrogen) atoms. The topological polar surface area (TPSA) is 61.0 Å². The van der Waals surface area contributed by atoms with Crippen LogP contribution in [0.25, 0.3) is 11.1 Å². The molecule has 0 aliphatic heterocycles. The quantitative estimate of drug-likeness (QED) is 0.536. The molecule has 0 atom stereocenters. The first-order chi connectivity index (χ1) is 10.6. The van der Waals surface area contributed by atoms with Gasteiger partial charge in [0, 0.05) is 28.9 Å². The molecule has 110 valence electrons. The van der Waals surface area contributed by atoms with E-state index in [0.717, 1.165) is 16.7 Å². The van der Waals surface area contributed by atoms with Crippen LogP contribution in [0.5, 0.6) is 0 Å². The minimum Gasteiger partial charge on any atom is -0.268 e. The number of hydrogen-bond acceptors (Lipinski definition) is 3. The summed E-state index contributed by atoms with van der Waals surface area (Å²) in [5.41, 5.74) is 2.85. The zero-order valence-corrected chi connectivity index (χ0v) is 12.3. The maximum atomic E-state index is 10.7. The minimum absolute atomic E-state index is 0.0761. The van der Waals surface area contributed by atoms with Gasteiger partial charge in [-0.1, -0.05) is 29.8 Å². The van der Waals surface area contributed by atoms with Crippen molar-refractivity contribution in [3.05, 3.63) is 81.6 Å². The van der Waals surface area contributed by atoms with E-state index in [1.54, 1.807) is 23.0 Å². The summed E-state index contributed by atoms with van der Waals surface area (Å²) in [5.74, 6) is 0. The first-order valence-corrected chi connectivity index (χ1v) is 7.02. The van der Waals surface area contributed by atoms with E-state index in [1.165, 1.54) is 12.1 Å². The molecule has 1 heterocycles. The predicted octanol–water partition coefficient (Wildman–Crippen LogP) is 4.16. The molecular formula is C16H12ClN3O2. The van der Waals surface area contributed by atoms with Gasteiger partial charge in [0.2, 0.25) is 0 Å². The molecule has 0 unspecified atom stereocenters. The monoisotopic (exact) mass is 313 g/mol. The van der Waals surface area contributed by atoms with Crippen molar-refractivity contribution in [3.63, 3.8) is 0 Å². The second-order valence-electron chi connectivity index (χ2n) is 4.82. The smallest absolute Gasteiger partial charge is 0.268 e. The molecular weight excluding hydrogens is 302 g/mol. The molecule has 0 saturated carbocycles. The van der Waals surface area contributed by atoms with Crippen LogP contribution >= 0.6 is 11.6 Å². The van der Waals surface area contributed by atoms with Crippen LogP contribution in [-0.4, -0.2) is 14.7 Å². The first kappa shape index (κ1) is 14.3. The number of halogens is 1. The van der Waals surface area contributed by atoms with Crippen LogP contribution in [0.15, 0.2) is 60.9 Å². The summed E-state index contributed by atoms with van der Waals surface area (Å²) in [5, 5.41) is 15.7. The van der Waals surface area contributed by atoms with E-state index < -0.39 is 4.92 Å². The lowest BCUT2D eigenvalue weighted by atomic mass is 10.1. The number of hydrogen-bond donors (Lipinski definition) is 0. The number of benzene rings is 2. The van der Waals surface area contributed by atoms with Gasteiger partial charge >= 0.3 is 0 Å². The van der Waals surface area contributed by atoms with Gasteiger partial charge in [-0.15, -0.1) is 0 Å². The fourth-order valence-electron chi connectivity index (χ4n) is 2.18. The molecule has 0 N–H and O–H groups in total. The third kappa shape index (κ3) is 2.99. The van der Waals surface area contributed by atoms with E-state index in [1.807, 2.05) is 30.5 Å². The highest BCUT2D eigenvalue weighted by atomic mass is 35.5. The van der Waals surface area contributed by atoms with Crippen LogP contribution in [0.3, 0.4) is 0 Å². The average molecular weight is 314 g/mol. The van der Waals surface area contributed by atoms with Crippen LogP contribution in [0.1, 0.15) is 5.56 Å². The Morgan fingerprint density at radius 1 is 1.09 bits per heavy atom. The van der Waals surface area contributed by atoms with E-state index >= 15 is 0 Å². The highest BCUT2D eigenvalue weighted by Crippen LogP contribution is 2.23. The van der Waals surface area contributed by atoms with Crippen LogP contribution < -0.4 is 0 Å². The standard InChI is InChI=1S/C16H12ClN3O2/c17-16-4-2-1-3-13(16)10-19-11-14(9-18-19)12-5-7-15(8-6-12)20(21)22/h1-9,11H,10H2.